The Kier molecular flexibility index (Phi) is 4.50. The van der Waals surface area contributed by atoms with Gasteiger partial charge in [-0.3, -0.25) is 4.79 Å². The third kappa shape index (κ3) is 3.23. The van der Waals surface area contributed by atoms with Crippen molar-refractivity contribution in [1.29, 1.82) is 0 Å². The number of alkyl halides is 1. The van der Waals surface area contributed by atoms with Gasteiger partial charge in [0.25, 0.3) is 5.91 Å². The van der Waals surface area contributed by atoms with Crippen molar-refractivity contribution in [3.8, 4) is 0 Å². The van der Waals surface area contributed by atoms with Gasteiger partial charge in [-0.05, 0) is 44.0 Å². The smallest absolute Gasteiger partial charge is 0.287 e. The fourth-order valence-electron chi connectivity index (χ4n) is 2.23. The van der Waals surface area contributed by atoms with Crippen LogP contribution in [0.5, 0.6) is 0 Å². The molecule has 2 aromatic rings. The predicted octanol–water partition coefficient (Wildman–Crippen LogP) is 4.13. The van der Waals surface area contributed by atoms with Crippen molar-refractivity contribution in [2.24, 2.45) is 0 Å². The van der Waals surface area contributed by atoms with Crippen molar-refractivity contribution in [3.63, 3.8) is 0 Å². The Morgan fingerprint density at radius 1 is 1.30 bits per heavy atom. The Morgan fingerprint density at radius 3 is 2.65 bits per heavy atom. The summed E-state index contributed by atoms with van der Waals surface area (Å²) in [5, 5.41) is 2.93. The van der Waals surface area contributed by atoms with Crippen LogP contribution in [-0.4, -0.2) is 5.91 Å². The summed E-state index contributed by atoms with van der Waals surface area (Å²) in [5.74, 6) is 0.919. The minimum absolute atomic E-state index is 0.0762. The van der Waals surface area contributed by atoms with E-state index >= 15 is 0 Å². The Labute approximate surface area is 123 Å². The molecule has 1 aromatic carbocycles. The number of rotatable bonds is 4. The Morgan fingerprint density at radius 2 is 2.05 bits per heavy atom. The first-order valence-corrected chi connectivity index (χ1v) is 7.07. The van der Waals surface area contributed by atoms with Crippen LogP contribution in [0.3, 0.4) is 0 Å². The molecule has 0 saturated carbocycles. The lowest BCUT2D eigenvalue weighted by atomic mass is 10.0. The lowest BCUT2D eigenvalue weighted by Gasteiger charge is -2.16. The van der Waals surface area contributed by atoms with E-state index in [-0.39, 0.29) is 23.6 Å². The standard InChI is InChI=1S/C16H18ClNO2/c1-10-4-6-14(11(2)8-10)12(3)18-16(19)15-7-5-13(9-17)20-15/h4-8,12H,9H2,1-3H3,(H,18,19). The monoisotopic (exact) mass is 291 g/mol. The summed E-state index contributed by atoms with van der Waals surface area (Å²) < 4.78 is 5.34. The van der Waals surface area contributed by atoms with E-state index in [2.05, 4.69) is 18.3 Å². The first kappa shape index (κ1) is 14.7. The molecule has 0 spiro atoms. The second-order valence-corrected chi connectivity index (χ2v) is 5.22. The molecule has 1 atom stereocenters. The van der Waals surface area contributed by atoms with Gasteiger partial charge in [0.1, 0.15) is 5.76 Å². The maximum Gasteiger partial charge on any atom is 0.287 e. The number of furan rings is 1. The van der Waals surface area contributed by atoms with Crippen molar-refractivity contribution < 1.29 is 9.21 Å². The lowest BCUT2D eigenvalue weighted by molar-refractivity contribution is 0.0910. The Bertz CT molecular complexity index is 619. The molecule has 4 heteroatoms. The maximum absolute atomic E-state index is 12.1. The van der Waals surface area contributed by atoms with E-state index in [1.807, 2.05) is 26.0 Å². The highest BCUT2D eigenvalue weighted by Crippen LogP contribution is 2.19. The zero-order valence-corrected chi connectivity index (χ0v) is 12.6. The van der Waals surface area contributed by atoms with Gasteiger partial charge in [0.2, 0.25) is 0 Å². The SMILES string of the molecule is Cc1ccc(C(C)NC(=O)c2ccc(CCl)o2)c(C)c1. The average molecular weight is 292 g/mol. The lowest BCUT2D eigenvalue weighted by Crippen LogP contribution is -2.26. The maximum atomic E-state index is 12.1. The zero-order valence-electron chi connectivity index (χ0n) is 11.9. The van der Waals surface area contributed by atoms with Crippen LogP contribution in [0, 0.1) is 13.8 Å². The number of benzene rings is 1. The van der Waals surface area contributed by atoms with Gasteiger partial charge in [-0.25, -0.2) is 0 Å². The fourth-order valence-corrected chi connectivity index (χ4v) is 2.37. The van der Waals surface area contributed by atoms with Crippen LogP contribution in [0.15, 0.2) is 34.7 Å². The number of halogens is 1. The van der Waals surface area contributed by atoms with E-state index in [4.69, 9.17) is 16.0 Å². The summed E-state index contributed by atoms with van der Waals surface area (Å²) >= 11 is 5.66. The average Bonchev–Trinajstić information content (AvgIpc) is 2.87. The summed E-state index contributed by atoms with van der Waals surface area (Å²) in [6, 6.07) is 9.47. The highest BCUT2D eigenvalue weighted by Gasteiger charge is 2.16. The zero-order chi connectivity index (χ0) is 14.7. The fraction of sp³-hybridized carbons (Fsp3) is 0.312. The molecule has 0 saturated heterocycles. The normalized spacial score (nSPS) is 12.2. The van der Waals surface area contributed by atoms with Crippen LogP contribution >= 0.6 is 11.6 Å². The van der Waals surface area contributed by atoms with E-state index in [9.17, 15) is 4.79 Å². The van der Waals surface area contributed by atoms with Crippen LogP contribution in [0.1, 0.15) is 46.0 Å². The largest absolute Gasteiger partial charge is 0.455 e. The van der Waals surface area contributed by atoms with Crippen molar-refractivity contribution in [2.75, 3.05) is 0 Å². The first-order valence-electron chi connectivity index (χ1n) is 6.54. The van der Waals surface area contributed by atoms with Gasteiger partial charge < -0.3 is 9.73 Å². The summed E-state index contributed by atoms with van der Waals surface area (Å²) in [5.41, 5.74) is 3.48. The summed E-state index contributed by atoms with van der Waals surface area (Å²) in [6.45, 7) is 6.06. The molecular formula is C16H18ClNO2. The van der Waals surface area contributed by atoms with E-state index in [1.165, 1.54) is 11.1 Å². The summed E-state index contributed by atoms with van der Waals surface area (Å²) in [6.07, 6.45) is 0. The molecule has 2 rings (SSSR count). The molecule has 106 valence electrons. The van der Waals surface area contributed by atoms with Gasteiger partial charge >= 0.3 is 0 Å². The van der Waals surface area contributed by atoms with Crippen LogP contribution in [0.4, 0.5) is 0 Å². The van der Waals surface area contributed by atoms with E-state index < -0.39 is 0 Å². The van der Waals surface area contributed by atoms with Gasteiger partial charge in [-0.1, -0.05) is 23.8 Å². The molecular weight excluding hydrogens is 274 g/mol. The van der Waals surface area contributed by atoms with Crippen LogP contribution in [0.25, 0.3) is 0 Å². The highest BCUT2D eigenvalue weighted by atomic mass is 35.5. The third-order valence-electron chi connectivity index (χ3n) is 3.26. The molecule has 0 bridgehead atoms. The molecule has 1 aromatic heterocycles. The molecule has 1 heterocycles. The molecule has 0 fully saturated rings. The molecule has 1 unspecified atom stereocenters. The predicted molar refractivity (Wildman–Crippen MR) is 80.1 cm³/mol. The van der Waals surface area contributed by atoms with Gasteiger partial charge in [0.05, 0.1) is 11.9 Å². The van der Waals surface area contributed by atoms with Gasteiger partial charge in [0, 0.05) is 0 Å². The van der Waals surface area contributed by atoms with Gasteiger partial charge in [-0.15, -0.1) is 11.6 Å². The second kappa shape index (κ2) is 6.14. The molecule has 3 nitrogen and oxygen atoms in total. The van der Waals surface area contributed by atoms with E-state index in [0.717, 1.165) is 5.56 Å². The van der Waals surface area contributed by atoms with Gasteiger partial charge in [-0.2, -0.15) is 0 Å². The molecule has 0 radical (unpaired) electrons. The first-order chi connectivity index (χ1) is 9.51. The number of hydrogen-bond acceptors (Lipinski definition) is 2. The van der Waals surface area contributed by atoms with Crippen molar-refractivity contribution in [2.45, 2.75) is 32.7 Å². The number of aryl methyl sites for hydroxylation is 2. The number of hydrogen-bond donors (Lipinski definition) is 1. The quantitative estimate of drug-likeness (QED) is 0.861. The number of amides is 1. The topological polar surface area (TPSA) is 42.2 Å². The molecule has 0 aliphatic carbocycles. The van der Waals surface area contributed by atoms with E-state index in [0.29, 0.717) is 5.76 Å². The summed E-state index contributed by atoms with van der Waals surface area (Å²) in [7, 11) is 0. The van der Waals surface area contributed by atoms with E-state index in [1.54, 1.807) is 12.1 Å². The molecule has 0 aliphatic rings. The molecule has 1 N–H and O–H groups in total. The molecule has 0 aliphatic heterocycles. The highest BCUT2D eigenvalue weighted by molar-refractivity contribution is 6.16. The number of nitrogens with one attached hydrogen (secondary N) is 1. The minimum Gasteiger partial charge on any atom is -0.455 e. The van der Waals surface area contributed by atoms with Crippen molar-refractivity contribution in [3.05, 3.63) is 58.5 Å². The number of carbonyl (C=O) groups excluding carboxylic acids is 1. The molecule has 20 heavy (non-hydrogen) atoms. The van der Waals surface area contributed by atoms with Crippen LogP contribution in [0.2, 0.25) is 0 Å². The third-order valence-corrected chi connectivity index (χ3v) is 3.52. The minimum atomic E-state index is -0.228. The van der Waals surface area contributed by atoms with Crippen LogP contribution in [-0.2, 0) is 5.88 Å². The molecule has 1 amide bonds. The number of carbonyl (C=O) groups is 1. The Balaban J connectivity index is 2.10. The Hall–Kier alpha value is -1.74. The summed E-state index contributed by atoms with van der Waals surface area (Å²) in [4.78, 5) is 12.1. The second-order valence-electron chi connectivity index (χ2n) is 4.95. The van der Waals surface area contributed by atoms with Crippen molar-refractivity contribution in [1.82, 2.24) is 5.32 Å². The van der Waals surface area contributed by atoms with Crippen molar-refractivity contribution >= 4 is 17.5 Å². The van der Waals surface area contributed by atoms with Gasteiger partial charge in [0.15, 0.2) is 5.76 Å². The van der Waals surface area contributed by atoms with Crippen LogP contribution < -0.4 is 5.32 Å².